The van der Waals surface area contributed by atoms with Gasteiger partial charge in [-0.1, -0.05) is 218 Å². The minimum Gasteiger partial charge on any atom is -0.756 e. The molecule has 10 heteroatoms. The molecule has 9 nitrogen and oxygen atoms in total. The van der Waals surface area contributed by atoms with E-state index in [1.54, 1.807) is 0 Å². The van der Waals surface area contributed by atoms with Crippen LogP contribution in [0.5, 0.6) is 0 Å². The van der Waals surface area contributed by atoms with Gasteiger partial charge in [0.15, 0.2) is 0 Å². The van der Waals surface area contributed by atoms with E-state index in [0.717, 1.165) is 83.5 Å². The molecule has 0 saturated carbocycles. The highest BCUT2D eigenvalue weighted by Gasteiger charge is 2.27. The van der Waals surface area contributed by atoms with Crippen molar-refractivity contribution in [2.24, 2.45) is 0 Å². The Labute approximate surface area is 402 Å². The van der Waals surface area contributed by atoms with E-state index in [9.17, 15) is 19.0 Å². The summed E-state index contributed by atoms with van der Waals surface area (Å²) < 4.78 is 30.2. The molecule has 0 aromatic carbocycles. The summed E-state index contributed by atoms with van der Waals surface area (Å²) in [5, 5.41) is 3.01. The van der Waals surface area contributed by atoms with Crippen LogP contribution in [-0.2, 0) is 27.9 Å². The second-order valence-corrected chi connectivity index (χ2v) is 21.1. The van der Waals surface area contributed by atoms with Gasteiger partial charge in [-0.25, -0.2) is 0 Å². The third kappa shape index (κ3) is 47.1. The van der Waals surface area contributed by atoms with E-state index in [2.05, 4.69) is 50.4 Å². The highest BCUT2D eigenvalue weighted by Crippen LogP contribution is 2.38. The Morgan fingerprint density at radius 2 is 0.985 bits per heavy atom. The van der Waals surface area contributed by atoms with Crippen LogP contribution in [0.1, 0.15) is 252 Å². The number of nitrogens with one attached hydrogen (secondary N) is 1. The van der Waals surface area contributed by atoms with Crippen molar-refractivity contribution < 1.29 is 37.3 Å². The van der Waals surface area contributed by atoms with Crippen LogP contribution in [0.4, 0.5) is 0 Å². The lowest BCUT2D eigenvalue weighted by molar-refractivity contribution is -0.870. The molecular formula is C55H105N2O7P. The number of phosphoric acid groups is 1. The van der Waals surface area contributed by atoms with Crippen molar-refractivity contribution in [2.75, 3.05) is 40.9 Å². The van der Waals surface area contributed by atoms with E-state index in [1.165, 1.54) is 135 Å². The van der Waals surface area contributed by atoms with E-state index in [4.69, 9.17) is 13.8 Å². The van der Waals surface area contributed by atoms with Gasteiger partial charge in [0.1, 0.15) is 19.3 Å². The molecule has 0 aromatic rings. The fourth-order valence-electron chi connectivity index (χ4n) is 7.85. The zero-order valence-corrected chi connectivity index (χ0v) is 44.3. The van der Waals surface area contributed by atoms with E-state index in [0.29, 0.717) is 17.4 Å². The Hall–Kier alpha value is -1.77. The summed E-state index contributed by atoms with van der Waals surface area (Å²) in [5.74, 6) is -0.544. The van der Waals surface area contributed by atoms with Gasteiger partial charge in [0.25, 0.3) is 7.82 Å². The molecule has 65 heavy (non-hydrogen) atoms. The first-order valence-corrected chi connectivity index (χ1v) is 28.8. The number of esters is 1. The van der Waals surface area contributed by atoms with Crippen molar-refractivity contribution >= 4 is 19.7 Å². The summed E-state index contributed by atoms with van der Waals surface area (Å²) >= 11 is 0. The maximum Gasteiger partial charge on any atom is 0.306 e. The second-order valence-electron chi connectivity index (χ2n) is 19.7. The Balaban J connectivity index is 5.39. The second kappa shape index (κ2) is 46.0. The number of carbonyl (C=O) groups is 2. The summed E-state index contributed by atoms with van der Waals surface area (Å²) in [6.45, 7) is 6.73. The highest BCUT2D eigenvalue weighted by atomic mass is 31.2. The lowest BCUT2D eigenvalue weighted by Gasteiger charge is -2.30. The molecule has 1 N–H and O–H groups in total. The molecule has 0 aromatic heterocycles. The number of likely N-dealkylation sites (N-methyl/N-ethyl adjacent to an activating group) is 1. The summed E-state index contributed by atoms with van der Waals surface area (Å²) in [5.41, 5.74) is 0. The van der Waals surface area contributed by atoms with Gasteiger partial charge in [-0.2, -0.15) is 0 Å². The van der Waals surface area contributed by atoms with Crippen molar-refractivity contribution in [3.8, 4) is 0 Å². The molecule has 0 radical (unpaired) electrons. The summed E-state index contributed by atoms with van der Waals surface area (Å²) in [6.07, 6.45) is 52.4. The van der Waals surface area contributed by atoms with Gasteiger partial charge in [0.05, 0.1) is 33.8 Å². The molecule has 0 fully saturated rings. The van der Waals surface area contributed by atoms with Crippen molar-refractivity contribution in [1.82, 2.24) is 5.32 Å². The average Bonchev–Trinajstić information content (AvgIpc) is 3.26. The number of rotatable bonds is 49. The number of phosphoric ester groups is 1. The quantitative estimate of drug-likeness (QED) is 0.0212. The van der Waals surface area contributed by atoms with Crippen LogP contribution in [0.3, 0.4) is 0 Å². The predicted molar refractivity (Wildman–Crippen MR) is 275 cm³/mol. The molecule has 382 valence electrons. The number of unbranched alkanes of at least 4 members (excludes halogenated alkanes) is 29. The molecule has 0 heterocycles. The summed E-state index contributed by atoms with van der Waals surface area (Å²) in [4.78, 5) is 39.7. The van der Waals surface area contributed by atoms with Crippen molar-refractivity contribution in [3.63, 3.8) is 0 Å². The minimum absolute atomic E-state index is 0.0218. The van der Waals surface area contributed by atoms with E-state index in [1.807, 2.05) is 33.3 Å². The van der Waals surface area contributed by atoms with Crippen LogP contribution in [0.25, 0.3) is 0 Å². The van der Waals surface area contributed by atoms with Gasteiger partial charge in [0, 0.05) is 12.8 Å². The Kier molecular flexibility index (Phi) is 44.7. The number of hydrogen-bond donors (Lipinski definition) is 1. The number of nitrogens with zero attached hydrogens (tertiary/aromatic N) is 1. The van der Waals surface area contributed by atoms with Crippen molar-refractivity contribution in [3.05, 3.63) is 36.5 Å². The molecular weight excluding hydrogens is 832 g/mol. The van der Waals surface area contributed by atoms with E-state index in [-0.39, 0.29) is 31.5 Å². The number of ether oxygens (including phenoxy) is 1. The van der Waals surface area contributed by atoms with Crippen LogP contribution >= 0.6 is 7.82 Å². The minimum atomic E-state index is -4.69. The van der Waals surface area contributed by atoms with Gasteiger partial charge in [-0.05, 0) is 57.4 Å². The molecule has 0 spiro atoms. The summed E-state index contributed by atoms with van der Waals surface area (Å²) in [7, 11) is 1.19. The smallest absolute Gasteiger partial charge is 0.306 e. The molecule has 0 aliphatic heterocycles. The van der Waals surface area contributed by atoms with Crippen LogP contribution in [-0.4, -0.2) is 69.4 Å². The third-order valence-corrected chi connectivity index (χ3v) is 13.0. The number of hydrogen-bond acceptors (Lipinski definition) is 7. The van der Waals surface area contributed by atoms with Gasteiger partial charge in [-0.3, -0.25) is 14.2 Å². The molecule has 0 aliphatic rings. The Morgan fingerprint density at radius 1 is 0.554 bits per heavy atom. The van der Waals surface area contributed by atoms with E-state index >= 15 is 0 Å². The normalized spacial score (nSPS) is 14.1. The van der Waals surface area contributed by atoms with Crippen molar-refractivity contribution in [2.45, 2.75) is 264 Å². The maximum atomic E-state index is 13.4. The SMILES string of the molecule is CC/C=C/C/C=C/CCCCCCCCCC(=O)OC(/C=C/CCCCCCCCCCCC)C(COP(=O)([O-])OCC[N+](C)(C)C)NC(=O)CCCCCCCCCCCCCCC. The van der Waals surface area contributed by atoms with Gasteiger partial charge >= 0.3 is 5.97 Å². The molecule has 0 aliphatic carbocycles. The van der Waals surface area contributed by atoms with Gasteiger partial charge < -0.3 is 28.5 Å². The average molecular weight is 937 g/mol. The topological polar surface area (TPSA) is 114 Å². The number of allylic oxidation sites excluding steroid dienone is 5. The fourth-order valence-corrected chi connectivity index (χ4v) is 8.58. The highest BCUT2D eigenvalue weighted by molar-refractivity contribution is 7.45. The van der Waals surface area contributed by atoms with Crippen LogP contribution < -0.4 is 10.2 Å². The molecule has 3 unspecified atom stereocenters. The third-order valence-electron chi connectivity index (χ3n) is 12.1. The van der Waals surface area contributed by atoms with Crippen LogP contribution in [0, 0.1) is 0 Å². The number of quaternary nitrogens is 1. The molecule has 3 atom stereocenters. The largest absolute Gasteiger partial charge is 0.756 e. The molecule has 0 rings (SSSR count). The first kappa shape index (κ1) is 63.2. The summed E-state index contributed by atoms with van der Waals surface area (Å²) in [6, 6.07) is -0.885. The lowest BCUT2D eigenvalue weighted by atomic mass is 10.0. The first-order valence-electron chi connectivity index (χ1n) is 27.3. The van der Waals surface area contributed by atoms with E-state index < -0.39 is 20.0 Å². The zero-order chi connectivity index (χ0) is 48.0. The first-order chi connectivity index (χ1) is 31.4. The molecule has 0 saturated heterocycles. The molecule has 0 bridgehead atoms. The number of carbonyl (C=O) groups excluding carboxylic acids is 2. The van der Waals surface area contributed by atoms with Gasteiger partial charge in [0.2, 0.25) is 5.91 Å². The Bertz CT molecular complexity index is 1220. The molecule has 1 amide bonds. The predicted octanol–water partition coefficient (Wildman–Crippen LogP) is 15.4. The maximum absolute atomic E-state index is 13.4. The standard InChI is InChI=1S/C55H105N2O7P/c1-7-10-13-16-19-22-25-28-30-33-36-39-42-45-48-55(59)64-53(46-43-40-37-34-31-27-24-21-18-15-12-9-3)52(51-63-65(60,61)62-50-49-57(4,5)6)56-54(58)47-44-41-38-35-32-29-26-23-20-17-14-11-8-2/h10,13,19,22,43,46,52-53H,7-9,11-12,14-18,20-21,23-42,44-45,47-51H2,1-6H3,(H-,56,58,60,61)/b13-10+,22-19+,46-43+. The van der Waals surface area contributed by atoms with Crippen LogP contribution in [0.15, 0.2) is 36.5 Å². The monoisotopic (exact) mass is 937 g/mol. The van der Waals surface area contributed by atoms with Crippen molar-refractivity contribution in [1.29, 1.82) is 0 Å². The zero-order valence-electron chi connectivity index (χ0n) is 43.4. The fraction of sp³-hybridized carbons (Fsp3) is 0.855. The number of amides is 1. The van der Waals surface area contributed by atoms with Gasteiger partial charge in [-0.15, -0.1) is 0 Å². The van der Waals surface area contributed by atoms with Crippen LogP contribution in [0.2, 0.25) is 0 Å². The Morgan fingerprint density at radius 3 is 1.46 bits per heavy atom. The lowest BCUT2D eigenvalue weighted by Crippen LogP contribution is -2.47.